The average Bonchev–Trinajstić information content (AvgIpc) is 2.54. The minimum absolute atomic E-state index is 0.233. The molecule has 2 N–H and O–H groups in total. The van der Waals surface area contributed by atoms with Gasteiger partial charge in [-0.2, -0.15) is 0 Å². The highest BCUT2D eigenvalue weighted by atomic mass is 16.3. The Morgan fingerprint density at radius 1 is 1.08 bits per heavy atom. The normalized spacial score (nSPS) is 26.1. The molecule has 6 nitrogen and oxygen atoms in total. The van der Waals surface area contributed by atoms with Crippen molar-refractivity contribution in [2.75, 3.05) is 31.1 Å². The second-order valence-corrected chi connectivity index (χ2v) is 7.50. The molecule has 2 aliphatic rings. The molecule has 134 valence electrons. The summed E-state index contributed by atoms with van der Waals surface area (Å²) >= 11 is 0. The van der Waals surface area contributed by atoms with Crippen LogP contribution < -0.4 is 4.90 Å². The topological polar surface area (TPSA) is 72.7 Å². The van der Waals surface area contributed by atoms with E-state index in [2.05, 4.69) is 29.7 Å². The Morgan fingerprint density at radius 2 is 1.79 bits per heavy atom. The standard InChI is InChI=1S/C18H30N4O2/c1-13(2)16-9-18(22-8-4-6-15(24)11-22)20-17(19-16)12-21-7-3-5-14(23)10-21/h9,13-15,23-24H,3-8,10-12H2,1-2H3/t14-,15+/m0/s1. The van der Waals surface area contributed by atoms with Crippen LogP contribution in [0.3, 0.4) is 0 Å². The van der Waals surface area contributed by atoms with Crippen LogP contribution in [-0.4, -0.2) is 63.5 Å². The van der Waals surface area contributed by atoms with Crippen LogP contribution in [0.15, 0.2) is 6.07 Å². The fraction of sp³-hybridized carbons (Fsp3) is 0.778. The lowest BCUT2D eigenvalue weighted by Gasteiger charge is -2.32. The number of rotatable bonds is 4. The lowest BCUT2D eigenvalue weighted by molar-refractivity contribution is 0.0654. The van der Waals surface area contributed by atoms with E-state index in [-0.39, 0.29) is 12.2 Å². The fourth-order valence-electron chi connectivity index (χ4n) is 3.57. The molecule has 0 bridgehead atoms. The Bertz CT molecular complexity index is 552. The largest absolute Gasteiger partial charge is 0.392 e. The quantitative estimate of drug-likeness (QED) is 0.870. The number of aliphatic hydroxyl groups is 2. The van der Waals surface area contributed by atoms with E-state index in [1.54, 1.807) is 0 Å². The first-order chi connectivity index (χ1) is 11.5. The Labute approximate surface area is 144 Å². The predicted octanol–water partition coefficient (Wildman–Crippen LogP) is 1.52. The van der Waals surface area contributed by atoms with E-state index in [4.69, 9.17) is 9.97 Å². The van der Waals surface area contributed by atoms with Crippen LogP contribution in [0.2, 0.25) is 0 Å². The zero-order chi connectivity index (χ0) is 17.1. The first-order valence-electron chi connectivity index (χ1n) is 9.22. The van der Waals surface area contributed by atoms with Gasteiger partial charge in [0.15, 0.2) is 0 Å². The lowest BCUT2D eigenvalue weighted by atomic mass is 10.1. The maximum atomic E-state index is 9.96. The number of likely N-dealkylation sites (tertiary alicyclic amines) is 1. The number of aromatic nitrogens is 2. The monoisotopic (exact) mass is 334 g/mol. The van der Waals surface area contributed by atoms with Gasteiger partial charge >= 0.3 is 0 Å². The number of hydrogen-bond donors (Lipinski definition) is 2. The predicted molar refractivity (Wildman–Crippen MR) is 94.1 cm³/mol. The summed E-state index contributed by atoms with van der Waals surface area (Å²) in [6.45, 7) is 8.25. The summed E-state index contributed by atoms with van der Waals surface area (Å²) in [6.07, 6.45) is 3.28. The van der Waals surface area contributed by atoms with E-state index < -0.39 is 0 Å². The molecule has 1 aromatic heterocycles. The van der Waals surface area contributed by atoms with E-state index in [1.807, 2.05) is 0 Å². The molecule has 0 aromatic carbocycles. The van der Waals surface area contributed by atoms with Gasteiger partial charge in [-0.1, -0.05) is 13.8 Å². The Kier molecular flexibility index (Phi) is 5.69. The Balaban J connectivity index is 1.80. The molecule has 0 radical (unpaired) electrons. The number of nitrogens with zero attached hydrogens (tertiary/aromatic N) is 4. The molecule has 0 amide bonds. The van der Waals surface area contributed by atoms with Crippen LogP contribution in [0.1, 0.15) is 57.0 Å². The highest BCUT2D eigenvalue weighted by Crippen LogP contribution is 2.23. The van der Waals surface area contributed by atoms with Crippen molar-refractivity contribution in [1.82, 2.24) is 14.9 Å². The SMILES string of the molecule is CC(C)c1cc(N2CCC[C@@H](O)C2)nc(CN2CCC[C@H](O)C2)n1. The zero-order valence-corrected chi connectivity index (χ0v) is 14.9. The molecule has 1 aromatic rings. The number of β-amino-alcohol motifs (C(OH)–C–C–N with tert-alkyl or cyclic N) is 2. The van der Waals surface area contributed by atoms with E-state index in [0.29, 0.717) is 25.6 Å². The second-order valence-electron chi connectivity index (χ2n) is 7.50. The number of aliphatic hydroxyl groups excluding tert-OH is 2. The molecule has 2 fully saturated rings. The lowest BCUT2D eigenvalue weighted by Crippen LogP contribution is -2.40. The molecule has 0 aliphatic carbocycles. The van der Waals surface area contributed by atoms with Gasteiger partial charge in [-0.3, -0.25) is 4.90 Å². The molecular formula is C18H30N4O2. The van der Waals surface area contributed by atoms with E-state index in [9.17, 15) is 10.2 Å². The van der Waals surface area contributed by atoms with Crippen LogP contribution >= 0.6 is 0 Å². The maximum Gasteiger partial charge on any atom is 0.144 e. The molecule has 3 heterocycles. The van der Waals surface area contributed by atoms with Gasteiger partial charge in [0, 0.05) is 31.4 Å². The Morgan fingerprint density at radius 3 is 2.46 bits per heavy atom. The van der Waals surface area contributed by atoms with Gasteiger partial charge in [0.1, 0.15) is 11.6 Å². The summed E-state index contributed by atoms with van der Waals surface area (Å²) in [5, 5.41) is 19.8. The molecular weight excluding hydrogens is 304 g/mol. The zero-order valence-electron chi connectivity index (χ0n) is 14.9. The minimum Gasteiger partial charge on any atom is -0.392 e. The third-order valence-electron chi connectivity index (χ3n) is 4.94. The molecule has 0 spiro atoms. The second kappa shape index (κ2) is 7.76. The maximum absolute atomic E-state index is 9.96. The van der Waals surface area contributed by atoms with Gasteiger partial charge in [0.05, 0.1) is 18.8 Å². The van der Waals surface area contributed by atoms with Gasteiger partial charge < -0.3 is 15.1 Å². The molecule has 3 rings (SSSR count). The molecule has 2 atom stereocenters. The van der Waals surface area contributed by atoms with Gasteiger partial charge in [0.25, 0.3) is 0 Å². The first-order valence-corrected chi connectivity index (χ1v) is 9.22. The van der Waals surface area contributed by atoms with Crippen molar-refractivity contribution in [3.8, 4) is 0 Å². The van der Waals surface area contributed by atoms with E-state index >= 15 is 0 Å². The van der Waals surface area contributed by atoms with Crippen molar-refractivity contribution in [3.05, 3.63) is 17.6 Å². The van der Waals surface area contributed by atoms with Crippen molar-refractivity contribution in [2.45, 2.75) is 64.2 Å². The molecule has 0 saturated carbocycles. The number of piperidine rings is 2. The van der Waals surface area contributed by atoms with Crippen LogP contribution in [0.25, 0.3) is 0 Å². The summed E-state index contributed by atoms with van der Waals surface area (Å²) in [6, 6.07) is 2.07. The minimum atomic E-state index is -0.267. The average molecular weight is 334 g/mol. The van der Waals surface area contributed by atoms with E-state index in [1.165, 1.54) is 0 Å². The molecule has 0 unspecified atom stereocenters. The van der Waals surface area contributed by atoms with Gasteiger partial charge in [0.2, 0.25) is 0 Å². The highest BCUT2D eigenvalue weighted by Gasteiger charge is 2.22. The Hall–Kier alpha value is -1.24. The molecule has 2 aliphatic heterocycles. The van der Waals surface area contributed by atoms with Crippen molar-refractivity contribution >= 4 is 5.82 Å². The third kappa shape index (κ3) is 4.43. The molecule has 2 saturated heterocycles. The number of hydrogen-bond acceptors (Lipinski definition) is 6. The van der Waals surface area contributed by atoms with Crippen LogP contribution in [0.4, 0.5) is 5.82 Å². The van der Waals surface area contributed by atoms with Crippen molar-refractivity contribution in [3.63, 3.8) is 0 Å². The molecule has 6 heteroatoms. The van der Waals surface area contributed by atoms with Gasteiger partial charge in [-0.25, -0.2) is 9.97 Å². The van der Waals surface area contributed by atoms with Gasteiger partial charge in [-0.05, 0) is 38.1 Å². The highest BCUT2D eigenvalue weighted by molar-refractivity contribution is 5.41. The van der Waals surface area contributed by atoms with Gasteiger partial charge in [-0.15, -0.1) is 0 Å². The fourth-order valence-corrected chi connectivity index (χ4v) is 3.57. The summed E-state index contributed by atoms with van der Waals surface area (Å²) in [5.41, 5.74) is 1.05. The third-order valence-corrected chi connectivity index (χ3v) is 4.94. The van der Waals surface area contributed by atoms with Crippen LogP contribution in [0.5, 0.6) is 0 Å². The summed E-state index contributed by atoms with van der Waals surface area (Å²) in [4.78, 5) is 13.9. The number of anilines is 1. The van der Waals surface area contributed by atoms with Crippen LogP contribution in [-0.2, 0) is 6.54 Å². The summed E-state index contributed by atoms with van der Waals surface area (Å²) < 4.78 is 0. The molecule has 24 heavy (non-hydrogen) atoms. The van der Waals surface area contributed by atoms with E-state index in [0.717, 1.165) is 56.1 Å². The van der Waals surface area contributed by atoms with Crippen molar-refractivity contribution < 1.29 is 10.2 Å². The first kappa shape index (κ1) is 17.6. The summed E-state index contributed by atoms with van der Waals surface area (Å²) in [5.74, 6) is 2.09. The van der Waals surface area contributed by atoms with Crippen molar-refractivity contribution in [1.29, 1.82) is 0 Å². The summed E-state index contributed by atoms with van der Waals surface area (Å²) in [7, 11) is 0. The van der Waals surface area contributed by atoms with Crippen LogP contribution in [0, 0.1) is 0 Å². The van der Waals surface area contributed by atoms with Crippen molar-refractivity contribution in [2.24, 2.45) is 0 Å². The smallest absolute Gasteiger partial charge is 0.144 e.